The van der Waals surface area contributed by atoms with Gasteiger partial charge in [0.2, 0.25) is 0 Å². The van der Waals surface area contributed by atoms with Gasteiger partial charge in [0.1, 0.15) is 0 Å². The van der Waals surface area contributed by atoms with Crippen molar-refractivity contribution < 1.29 is 14.6 Å². The van der Waals surface area contributed by atoms with Crippen LogP contribution in [0.4, 0.5) is 0 Å². The number of hydrogen-bond acceptors (Lipinski definition) is 4. The standard InChI is InChI=1S/C14H21NO3/c1-3-18-14(17)7-11(2)15-9-12-5-4-6-13(8-12)10-16/h4-6,8,11,15-16H,3,7,9-10H2,1-2H3. The van der Waals surface area contributed by atoms with E-state index in [-0.39, 0.29) is 18.6 Å². The first-order chi connectivity index (χ1) is 8.65. The van der Waals surface area contributed by atoms with E-state index in [0.29, 0.717) is 19.6 Å². The Labute approximate surface area is 108 Å². The van der Waals surface area contributed by atoms with Crippen molar-refractivity contribution in [2.75, 3.05) is 6.61 Å². The van der Waals surface area contributed by atoms with E-state index in [1.54, 1.807) is 6.92 Å². The lowest BCUT2D eigenvalue weighted by Crippen LogP contribution is -2.28. The summed E-state index contributed by atoms with van der Waals surface area (Å²) >= 11 is 0. The summed E-state index contributed by atoms with van der Waals surface area (Å²) in [5.41, 5.74) is 1.99. The Morgan fingerprint density at radius 1 is 1.44 bits per heavy atom. The van der Waals surface area contributed by atoms with Gasteiger partial charge in [-0.2, -0.15) is 0 Å². The summed E-state index contributed by atoms with van der Waals surface area (Å²) in [6.45, 7) is 4.90. The number of aliphatic hydroxyl groups is 1. The Morgan fingerprint density at radius 3 is 2.83 bits per heavy atom. The van der Waals surface area contributed by atoms with Gasteiger partial charge in [-0.25, -0.2) is 0 Å². The third-order valence-electron chi connectivity index (χ3n) is 2.61. The van der Waals surface area contributed by atoms with Gasteiger partial charge in [-0.3, -0.25) is 4.79 Å². The van der Waals surface area contributed by atoms with Gasteiger partial charge in [0.05, 0.1) is 19.6 Å². The number of rotatable bonds is 7. The van der Waals surface area contributed by atoms with Crippen LogP contribution >= 0.6 is 0 Å². The van der Waals surface area contributed by atoms with Crippen LogP contribution < -0.4 is 5.32 Å². The van der Waals surface area contributed by atoms with Gasteiger partial charge >= 0.3 is 5.97 Å². The molecule has 1 rings (SSSR count). The lowest BCUT2D eigenvalue weighted by molar-refractivity contribution is -0.143. The molecule has 0 aromatic heterocycles. The molecule has 18 heavy (non-hydrogen) atoms. The molecule has 0 amide bonds. The molecule has 0 bridgehead atoms. The summed E-state index contributed by atoms with van der Waals surface area (Å²) in [5.74, 6) is -0.179. The molecule has 0 spiro atoms. The maximum absolute atomic E-state index is 11.3. The van der Waals surface area contributed by atoms with Gasteiger partial charge in [0.25, 0.3) is 0 Å². The molecule has 0 saturated heterocycles. The number of nitrogens with one attached hydrogen (secondary N) is 1. The molecule has 0 saturated carbocycles. The molecule has 1 aromatic carbocycles. The van der Waals surface area contributed by atoms with E-state index in [9.17, 15) is 4.79 Å². The molecule has 4 nitrogen and oxygen atoms in total. The van der Waals surface area contributed by atoms with Gasteiger partial charge in [-0.15, -0.1) is 0 Å². The zero-order chi connectivity index (χ0) is 13.4. The van der Waals surface area contributed by atoms with Crippen LogP contribution in [-0.4, -0.2) is 23.7 Å². The minimum absolute atomic E-state index is 0.0478. The van der Waals surface area contributed by atoms with E-state index in [1.807, 2.05) is 31.2 Å². The maximum atomic E-state index is 11.3. The van der Waals surface area contributed by atoms with Gasteiger partial charge in [0, 0.05) is 12.6 Å². The number of ether oxygens (including phenoxy) is 1. The van der Waals surface area contributed by atoms with Crippen LogP contribution in [0.25, 0.3) is 0 Å². The fourth-order valence-corrected chi connectivity index (χ4v) is 1.67. The highest BCUT2D eigenvalue weighted by atomic mass is 16.5. The Bertz CT molecular complexity index is 379. The molecule has 0 aliphatic rings. The summed E-state index contributed by atoms with van der Waals surface area (Å²) in [7, 11) is 0. The van der Waals surface area contributed by atoms with Crippen molar-refractivity contribution in [3.05, 3.63) is 35.4 Å². The van der Waals surface area contributed by atoms with Crippen molar-refractivity contribution in [3.8, 4) is 0 Å². The summed E-state index contributed by atoms with van der Waals surface area (Å²) in [6, 6.07) is 7.80. The molecular formula is C14H21NO3. The first-order valence-electron chi connectivity index (χ1n) is 6.23. The quantitative estimate of drug-likeness (QED) is 0.723. The fraction of sp³-hybridized carbons (Fsp3) is 0.500. The monoisotopic (exact) mass is 251 g/mol. The molecule has 1 unspecified atom stereocenters. The largest absolute Gasteiger partial charge is 0.466 e. The highest BCUT2D eigenvalue weighted by molar-refractivity contribution is 5.69. The first-order valence-corrected chi connectivity index (χ1v) is 6.23. The highest BCUT2D eigenvalue weighted by Gasteiger charge is 2.09. The highest BCUT2D eigenvalue weighted by Crippen LogP contribution is 2.06. The molecule has 0 radical (unpaired) electrons. The van der Waals surface area contributed by atoms with Crippen LogP contribution in [0.3, 0.4) is 0 Å². The van der Waals surface area contributed by atoms with E-state index in [0.717, 1.165) is 11.1 Å². The van der Waals surface area contributed by atoms with E-state index in [1.165, 1.54) is 0 Å². The van der Waals surface area contributed by atoms with E-state index >= 15 is 0 Å². The van der Waals surface area contributed by atoms with E-state index in [4.69, 9.17) is 9.84 Å². The second-order valence-electron chi connectivity index (χ2n) is 4.27. The predicted octanol–water partition coefficient (Wildman–Crippen LogP) is 1.61. The van der Waals surface area contributed by atoms with Crippen LogP contribution in [0.5, 0.6) is 0 Å². The van der Waals surface area contributed by atoms with Crippen molar-refractivity contribution in [2.24, 2.45) is 0 Å². The Morgan fingerprint density at radius 2 is 2.17 bits per heavy atom. The number of benzene rings is 1. The van der Waals surface area contributed by atoms with Crippen molar-refractivity contribution >= 4 is 5.97 Å². The van der Waals surface area contributed by atoms with Crippen molar-refractivity contribution in [2.45, 2.75) is 39.5 Å². The molecule has 0 aliphatic carbocycles. The molecule has 100 valence electrons. The van der Waals surface area contributed by atoms with Crippen molar-refractivity contribution in [1.82, 2.24) is 5.32 Å². The molecule has 4 heteroatoms. The SMILES string of the molecule is CCOC(=O)CC(C)NCc1cccc(CO)c1. The number of carbonyl (C=O) groups excluding carboxylic acids is 1. The van der Waals surface area contributed by atoms with E-state index in [2.05, 4.69) is 5.32 Å². The minimum atomic E-state index is -0.179. The third kappa shape index (κ3) is 5.29. The average Bonchev–Trinajstić information content (AvgIpc) is 2.37. The van der Waals surface area contributed by atoms with Gasteiger partial charge in [-0.1, -0.05) is 24.3 Å². The Balaban J connectivity index is 2.37. The number of hydrogen-bond donors (Lipinski definition) is 2. The summed E-state index contributed by atoms with van der Waals surface area (Å²) in [5, 5.41) is 12.3. The third-order valence-corrected chi connectivity index (χ3v) is 2.61. The van der Waals surface area contributed by atoms with Crippen LogP contribution in [0.15, 0.2) is 24.3 Å². The molecule has 0 fully saturated rings. The molecule has 2 N–H and O–H groups in total. The van der Waals surface area contributed by atoms with Gasteiger partial charge < -0.3 is 15.2 Å². The molecule has 1 aromatic rings. The summed E-state index contributed by atoms with van der Waals surface area (Å²) in [6.07, 6.45) is 0.369. The maximum Gasteiger partial charge on any atom is 0.307 e. The molecule has 0 heterocycles. The number of esters is 1. The predicted molar refractivity (Wildman–Crippen MR) is 69.9 cm³/mol. The topological polar surface area (TPSA) is 58.6 Å². The zero-order valence-electron chi connectivity index (χ0n) is 11.0. The van der Waals surface area contributed by atoms with E-state index < -0.39 is 0 Å². The lowest BCUT2D eigenvalue weighted by Gasteiger charge is -2.13. The smallest absolute Gasteiger partial charge is 0.307 e. The summed E-state index contributed by atoms with van der Waals surface area (Å²) in [4.78, 5) is 11.3. The molecule has 1 atom stereocenters. The van der Waals surface area contributed by atoms with Crippen LogP contribution in [0.1, 0.15) is 31.4 Å². The zero-order valence-corrected chi connectivity index (χ0v) is 11.0. The van der Waals surface area contributed by atoms with Gasteiger partial charge in [-0.05, 0) is 25.0 Å². The minimum Gasteiger partial charge on any atom is -0.466 e. The second-order valence-corrected chi connectivity index (χ2v) is 4.27. The Kier molecular flexibility index (Phi) is 6.39. The normalized spacial score (nSPS) is 12.2. The molecule has 0 aliphatic heterocycles. The van der Waals surface area contributed by atoms with Crippen LogP contribution in [0, 0.1) is 0 Å². The van der Waals surface area contributed by atoms with Crippen LogP contribution in [-0.2, 0) is 22.7 Å². The van der Waals surface area contributed by atoms with Crippen molar-refractivity contribution in [1.29, 1.82) is 0 Å². The number of aliphatic hydroxyl groups excluding tert-OH is 1. The second kappa shape index (κ2) is 7.84. The van der Waals surface area contributed by atoms with Crippen LogP contribution in [0.2, 0.25) is 0 Å². The Hall–Kier alpha value is -1.39. The summed E-state index contributed by atoms with van der Waals surface area (Å²) < 4.78 is 4.89. The number of carbonyl (C=O) groups is 1. The van der Waals surface area contributed by atoms with Gasteiger partial charge in [0.15, 0.2) is 0 Å². The average molecular weight is 251 g/mol. The molecular weight excluding hydrogens is 230 g/mol. The lowest BCUT2D eigenvalue weighted by atomic mass is 10.1. The van der Waals surface area contributed by atoms with Crippen molar-refractivity contribution in [3.63, 3.8) is 0 Å². The fourth-order valence-electron chi connectivity index (χ4n) is 1.67. The first kappa shape index (κ1) is 14.7.